The number of aromatic amines is 1. The zero-order valence-corrected chi connectivity index (χ0v) is 9.59. The molecular weight excluding hydrogens is 219 g/mol. The fourth-order valence-electron chi connectivity index (χ4n) is 2.27. The molecule has 1 saturated heterocycles. The molecule has 2 aromatic rings. The lowest BCUT2D eigenvalue weighted by Gasteiger charge is -2.13. The van der Waals surface area contributed by atoms with Gasteiger partial charge in [-0.25, -0.2) is 9.97 Å². The highest BCUT2D eigenvalue weighted by atomic mass is 16.5. The van der Waals surface area contributed by atoms with Crippen LogP contribution in [0.2, 0.25) is 6.32 Å². The molecule has 0 spiro atoms. The first-order valence-electron chi connectivity index (χ1n) is 5.85. The maximum Gasteiger partial charge on any atom is 0.278 e. The Kier molecular flexibility index (Phi) is 2.47. The molecule has 3 rings (SSSR count). The van der Waals surface area contributed by atoms with Crippen LogP contribution in [0.5, 0.6) is 0 Å². The van der Waals surface area contributed by atoms with Crippen molar-refractivity contribution in [3.05, 3.63) is 23.0 Å². The Labute approximate surface area is 98.4 Å². The van der Waals surface area contributed by atoms with Crippen molar-refractivity contribution in [3.8, 4) is 0 Å². The molecule has 0 saturated carbocycles. The zero-order valence-electron chi connectivity index (χ0n) is 9.59. The maximum atomic E-state index is 11.5. The second-order valence-electron chi connectivity index (χ2n) is 4.25. The molecule has 0 bridgehead atoms. The minimum absolute atomic E-state index is 0.0424. The van der Waals surface area contributed by atoms with Gasteiger partial charge in [-0.05, 0) is 12.8 Å². The molecule has 1 aliphatic rings. The highest BCUT2D eigenvalue weighted by Gasteiger charge is 2.26. The standard InChI is InChI=1S/C10H13BN4O2/c11-3-6-1-2-7(17-6)15-5-14-8-9(15)12-4-13-10(8)16/h4-7H,1-3,11H2,(H,12,13,16). The number of hydrogen-bond acceptors (Lipinski definition) is 4. The van der Waals surface area contributed by atoms with Gasteiger partial charge in [-0.1, -0.05) is 6.32 Å². The van der Waals surface area contributed by atoms with E-state index in [1.54, 1.807) is 6.33 Å². The van der Waals surface area contributed by atoms with Gasteiger partial charge in [0.1, 0.15) is 14.1 Å². The predicted molar refractivity (Wildman–Crippen MR) is 64.6 cm³/mol. The second-order valence-corrected chi connectivity index (χ2v) is 4.25. The molecule has 0 aliphatic carbocycles. The van der Waals surface area contributed by atoms with Gasteiger partial charge in [0, 0.05) is 0 Å². The van der Waals surface area contributed by atoms with Crippen molar-refractivity contribution in [3.63, 3.8) is 0 Å². The molecule has 17 heavy (non-hydrogen) atoms. The number of rotatable bonds is 2. The number of nitrogens with one attached hydrogen (secondary N) is 1. The van der Waals surface area contributed by atoms with Crippen molar-refractivity contribution in [1.29, 1.82) is 0 Å². The van der Waals surface area contributed by atoms with Crippen molar-refractivity contribution in [1.82, 2.24) is 19.5 Å². The van der Waals surface area contributed by atoms with Crippen LogP contribution in [0.15, 0.2) is 17.4 Å². The van der Waals surface area contributed by atoms with Crippen LogP contribution < -0.4 is 5.56 Å². The van der Waals surface area contributed by atoms with Crippen LogP contribution in [0, 0.1) is 0 Å². The fraction of sp³-hybridized carbons (Fsp3) is 0.500. The third kappa shape index (κ3) is 1.66. The van der Waals surface area contributed by atoms with Gasteiger partial charge in [-0.15, -0.1) is 0 Å². The maximum absolute atomic E-state index is 11.5. The highest BCUT2D eigenvalue weighted by Crippen LogP contribution is 2.30. The number of H-pyrrole nitrogens is 1. The molecule has 2 aromatic heterocycles. The molecule has 88 valence electrons. The Balaban J connectivity index is 2.02. The number of nitrogens with zero attached hydrogens (tertiary/aromatic N) is 3. The number of hydrogen-bond donors (Lipinski definition) is 1. The summed E-state index contributed by atoms with van der Waals surface area (Å²) in [6.45, 7) is 0. The monoisotopic (exact) mass is 232 g/mol. The van der Waals surface area contributed by atoms with Gasteiger partial charge in [0.2, 0.25) is 0 Å². The van der Waals surface area contributed by atoms with Crippen LogP contribution in [0.1, 0.15) is 19.1 Å². The first-order chi connectivity index (χ1) is 8.29. The SMILES string of the molecule is BCC1CCC(n2cnc3c(=O)[nH]cnc32)O1. The highest BCUT2D eigenvalue weighted by molar-refractivity contribution is 6.08. The van der Waals surface area contributed by atoms with Gasteiger partial charge in [0.05, 0.1) is 18.8 Å². The zero-order chi connectivity index (χ0) is 11.8. The third-order valence-electron chi connectivity index (χ3n) is 3.22. The lowest BCUT2D eigenvalue weighted by Crippen LogP contribution is -2.12. The molecule has 2 atom stereocenters. The van der Waals surface area contributed by atoms with Crippen LogP contribution in [0.4, 0.5) is 0 Å². The van der Waals surface area contributed by atoms with E-state index in [1.165, 1.54) is 6.33 Å². The van der Waals surface area contributed by atoms with Crippen molar-refractivity contribution in [2.24, 2.45) is 0 Å². The largest absolute Gasteiger partial charge is 0.355 e. The Morgan fingerprint density at radius 2 is 2.41 bits per heavy atom. The minimum atomic E-state index is -0.209. The minimum Gasteiger partial charge on any atom is -0.355 e. The summed E-state index contributed by atoms with van der Waals surface area (Å²) >= 11 is 0. The van der Waals surface area contributed by atoms with E-state index in [0.717, 1.165) is 19.2 Å². The van der Waals surface area contributed by atoms with Crippen LogP contribution in [0.25, 0.3) is 11.2 Å². The number of imidazole rings is 1. The van der Waals surface area contributed by atoms with Crippen molar-refractivity contribution >= 4 is 19.0 Å². The third-order valence-corrected chi connectivity index (χ3v) is 3.22. The predicted octanol–water partition coefficient (Wildman–Crippen LogP) is -0.151. The van der Waals surface area contributed by atoms with Crippen molar-refractivity contribution in [2.75, 3.05) is 0 Å². The van der Waals surface area contributed by atoms with E-state index < -0.39 is 0 Å². The summed E-state index contributed by atoms with van der Waals surface area (Å²) in [6, 6.07) is 0. The molecule has 1 fully saturated rings. The van der Waals surface area contributed by atoms with Gasteiger partial charge in [-0.2, -0.15) is 0 Å². The normalized spacial score (nSPS) is 24.5. The number of aromatic nitrogens is 4. The Morgan fingerprint density at radius 3 is 3.18 bits per heavy atom. The van der Waals surface area contributed by atoms with E-state index in [4.69, 9.17) is 4.74 Å². The van der Waals surface area contributed by atoms with Gasteiger partial charge in [0.15, 0.2) is 11.2 Å². The topological polar surface area (TPSA) is 72.8 Å². The fourth-order valence-corrected chi connectivity index (χ4v) is 2.27. The molecule has 7 heteroatoms. The van der Waals surface area contributed by atoms with Gasteiger partial charge >= 0.3 is 0 Å². The lowest BCUT2D eigenvalue weighted by molar-refractivity contribution is 0.0135. The Hall–Kier alpha value is -1.63. The van der Waals surface area contributed by atoms with E-state index in [0.29, 0.717) is 17.3 Å². The summed E-state index contributed by atoms with van der Waals surface area (Å²) in [7, 11) is 2.11. The summed E-state index contributed by atoms with van der Waals surface area (Å²) in [5.41, 5.74) is 0.755. The van der Waals surface area contributed by atoms with Crippen molar-refractivity contribution in [2.45, 2.75) is 31.5 Å². The summed E-state index contributed by atoms with van der Waals surface area (Å²) in [6.07, 6.45) is 6.29. The Morgan fingerprint density at radius 1 is 1.53 bits per heavy atom. The molecule has 2 unspecified atom stereocenters. The molecule has 0 amide bonds. The number of ether oxygens (including phenoxy) is 1. The average molecular weight is 232 g/mol. The van der Waals surface area contributed by atoms with Gasteiger partial charge in [-0.3, -0.25) is 9.36 Å². The van der Waals surface area contributed by atoms with E-state index in [2.05, 4.69) is 22.8 Å². The first-order valence-corrected chi connectivity index (χ1v) is 5.85. The van der Waals surface area contributed by atoms with Crippen LogP contribution in [-0.4, -0.2) is 33.5 Å². The second kappa shape index (κ2) is 3.99. The molecule has 0 radical (unpaired) electrons. The van der Waals surface area contributed by atoms with E-state index in [1.807, 2.05) is 4.57 Å². The van der Waals surface area contributed by atoms with Crippen molar-refractivity contribution < 1.29 is 4.74 Å². The molecule has 1 N–H and O–H groups in total. The molecular formula is C10H13BN4O2. The molecule has 3 heterocycles. The number of fused-ring (bicyclic) bond motifs is 1. The van der Waals surface area contributed by atoms with E-state index in [9.17, 15) is 4.79 Å². The summed E-state index contributed by atoms with van der Waals surface area (Å²) in [5.74, 6) is 0. The Bertz CT molecular complexity index is 593. The summed E-state index contributed by atoms with van der Waals surface area (Å²) < 4.78 is 7.72. The smallest absolute Gasteiger partial charge is 0.278 e. The van der Waals surface area contributed by atoms with E-state index >= 15 is 0 Å². The van der Waals surface area contributed by atoms with Gasteiger partial charge < -0.3 is 9.72 Å². The quantitative estimate of drug-likeness (QED) is 0.730. The van der Waals surface area contributed by atoms with Crippen LogP contribution in [0.3, 0.4) is 0 Å². The van der Waals surface area contributed by atoms with Crippen LogP contribution in [-0.2, 0) is 4.74 Å². The first kappa shape index (κ1) is 10.5. The van der Waals surface area contributed by atoms with Crippen LogP contribution >= 0.6 is 0 Å². The van der Waals surface area contributed by atoms with Gasteiger partial charge in [0.25, 0.3) is 5.56 Å². The average Bonchev–Trinajstić information content (AvgIpc) is 2.94. The molecule has 6 nitrogen and oxygen atoms in total. The molecule has 0 aromatic carbocycles. The molecule has 1 aliphatic heterocycles. The summed E-state index contributed by atoms with van der Waals surface area (Å²) in [4.78, 5) is 22.3. The summed E-state index contributed by atoms with van der Waals surface area (Å²) in [5, 5.41) is 0. The lowest BCUT2D eigenvalue weighted by atomic mass is 9.98. The van der Waals surface area contributed by atoms with E-state index in [-0.39, 0.29) is 11.8 Å².